The van der Waals surface area contributed by atoms with E-state index in [0.717, 1.165) is 52.5 Å². The number of sulfonamides is 4. The molecule has 0 unspecified atom stereocenters. The van der Waals surface area contributed by atoms with Crippen molar-refractivity contribution in [1.82, 2.24) is 20.6 Å². The highest BCUT2D eigenvalue weighted by Gasteiger charge is 2.33. The molecule has 0 saturated carbocycles. The predicted octanol–water partition coefficient (Wildman–Crippen LogP) is 16.9. The van der Waals surface area contributed by atoms with Crippen LogP contribution >= 0.6 is 45.3 Å². The van der Waals surface area contributed by atoms with Gasteiger partial charge < -0.3 is 39.3 Å². The van der Waals surface area contributed by atoms with Crippen molar-refractivity contribution in [3.05, 3.63) is 226 Å². The minimum atomic E-state index is -5.22. The molecule has 0 fully saturated rings. The van der Waals surface area contributed by atoms with E-state index in [2.05, 4.69) is 25.1 Å². The second-order valence-corrected chi connectivity index (χ2v) is 33.8. The molecule has 0 atom stereocenters. The number of nitrogens with zero attached hydrogens (tertiary/aromatic N) is 4. The minimum absolute atomic E-state index is 0.0555. The van der Waals surface area contributed by atoms with Crippen molar-refractivity contribution >= 4 is 178 Å². The summed E-state index contributed by atoms with van der Waals surface area (Å²) in [7, 11) is -20.2. The molecule has 0 radical (unpaired) electrons. The van der Waals surface area contributed by atoms with E-state index in [4.69, 9.17) is 79.7 Å². The number of benzene rings is 4. The SMILES string of the molecule is [2H]c1c(C([2H])([2H])[2H])cc(C(=O)C([2H])([2H])[2H])c(N([2H])C(=O)c2sccc2S(=O)(=O)N([2H])c2onc(C)c2C([2H])([2H])[2H])c1C([2H])([2H])[2H].[2H]c1c(C([2H])([2H])[2H])cc(C(=O)C([2H])([2H])[2H])c(N([2H])C(=O)c2sccc2S(=O)(=O)N([2H])c2onc(C)c2C)c1C([2H])([2H])[2H].[2H]c1c(C)cc(C(=O)C([2H])([2H])[2H])c(N([2H])C(=O)c2sccc2S(=O)(=O)N([2H])c2onc(C([2H])([2H])[2H])c2C([2H])([2H])[2H])c1C.[2H]c1c(C)cc(C(=O)C([2H])([2H])[2H])c(N([2H])C(=O)c2sccc2S(=O)(=O)N([2H])c2onc(C([2H])([2H])[2H])c2C)c1C. The smallest absolute Gasteiger partial charge is 0.267 e. The third-order valence-corrected chi connectivity index (χ3v) is 24.7. The summed E-state index contributed by atoms with van der Waals surface area (Å²) in [6.07, 6.45) is 0. The zero-order chi connectivity index (χ0) is 129. The lowest BCUT2D eigenvalue weighted by Crippen LogP contribution is -2.20. The highest BCUT2D eigenvalue weighted by atomic mass is 32.2. The van der Waals surface area contributed by atoms with Gasteiger partial charge in [0.05, 0.1) is 51.0 Å². The van der Waals surface area contributed by atoms with Gasteiger partial charge in [-0.25, -0.2) is 52.5 Å². The molecule has 12 rings (SSSR count). The number of carbonyl (C=O) groups excluding carboxylic acids is 8. The van der Waals surface area contributed by atoms with Crippen LogP contribution in [-0.4, -0.2) is 101 Å². The summed E-state index contributed by atoms with van der Waals surface area (Å²) in [5.74, 6) is -16.1. The number of ketones is 4. The molecule has 12 aromatic rings. The molecule has 632 valence electrons. The number of aryl methyl sites for hydroxylation is 8. The number of nitrogens with one attached hydrogen (secondary N) is 8. The zero-order valence-corrected chi connectivity index (χ0v) is 68.3. The van der Waals surface area contributed by atoms with Crippen molar-refractivity contribution in [1.29, 1.82) is 0 Å². The van der Waals surface area contributed by atoms with E-state index in [1.165, 1.54) is 60.8 Å². The van der Waals surface area contributed by atoms with E-state index >= 15 is 0 Å². The van der Waals surface area contributed by atoms with E-state index in [0.29, 0.717) is 57.5 Å². The Labute approximate surface area is 775 Å². The Morgan fingerprint density at radius 3 is 0.850 bits per heavy atom. The van der Waals surface area contributed by atoms with Crippen LogP contribution in [0.25, 0.3) is 0 Å². The summed E-state index contributed by atoms with van der Waals surface area (Å²) < 4.78 is 498. The first kappa shape index (κ1) is 46.0. The van der Waals surface area contributed by atoms with E-state index in [1.54, 1.807) is 0 Å². The first-order valence-corrected chi connectivity index (χ1v) is 41.5. The molecule has 0 aliphatic carbocycles. The van der Waals surface area contributed by atoms with Gasteiger partial charge in [-0.3, -0.25) is 38.4 Å². The molecule has 8 heterocycles. The van der Waals surface area contributed by atoms with Gasteiger partial charge in [-0.1, -0.05) is 44.8 Å². The van der Waals surface area contributed by atoms with E-state index in [9.17, 15) is 72.0 Å². The van der Waals surface area contributed by atoms with E-state index in [-0.39, 0.29) is 92.2 Å². The summed E-state index contributed by atoms with van der Waals surface area (Å²) in [5, 5.41) is 17.4. The van der Waals surface area contributed by atoms with Gasteiger partial charge in [0, 0.05) is 93.9 Å². The maximum Gasteiger partial charge on any atom is 0.267 e. The zero-order valence-electron chi connectivity index (χ0n) is 110. The van der Waals surface area contributed by atoms with E-state index in [1.807, 2.05) is 0 Å². The molecular formula is C80H84N12O20S8. The average molecular weight is 1840 g/mol. The Morgan fingerprint density at radius 2 is 0.583 bits per heavy atom. The average Bonchev–Trinajstić information content (AvgIpc) is 1.03. The van der Waals surface area contributed by atoms with Gasteiger partial charge in [0.15, 0.2) is 34.4 Å². The second kappa shape index (κ2) is 37.2. The monoisotopic (exact) mass is 1840 g/mol. The van der Waals surface area contributed by atoms with Crippen LogP contribution in [0.4, 0.5) is 46.3 Å². The van der Waals surface area contributed by atoms with Crippen LogP contribution < -0.4 is 40.1 Å². The number of Topliss-reactive ketones (excluding diaryl/α,β-unsaturated/α-hetero) is 4. The second-order valence-electron chi connectivity index (χ2n) is 23.8. The fraction of sp³-hybridized carbons (Fsp3) is 0.250. The Hall–Kier alpha value is -11.9. The number of anilines is 8. The van der Waals surface area contributed by atoms with Gasteiger partial charge in [-0.05, 0) is 252 Å². The molecule has 4 amide bonds. The van der Waals surface area contributed by atoms with Crippen molar-refractivity contribution in [2.45, 2.75) is 157 Å². The number of hydrogen-bond donors (Lipinski definition) is 8. The number of hydrogen-bond acceptors (Lipinski definition) is 28. The van der Waals surface area contributed by atoms with Gasteiger partial charge in [-0.2, -0.15) is 0 Å². The van der Waals surface area contributed by atoms with Crippen molar-refractivity contribution in [2.24, 2.45) is 0 Å². The van der Waals surface area contributed by atoms with Crippen molar-refractivity contribution in [2.75, 3.05) is 40.1 Å². The first-order chi connectivity index (χ1) is 75.7. The van der Waals surface area contributed by atoms with Gasteiger partial charge in [0.1, 0.15) is 39.1 Å². The van der Waals surface area contributed by atoms with Crippen LogP contribution in [0.1, 0.15) is 252 Å². The number of rotatable bonds is 24. The highest BCUT2D eigenvalue weighted by molar-refractivity contribution is 7.94. The Morgan fingerprint density at radius 1 is 0.333 bits per heavy atom. The third-order valence-electron chi connectivity index (χ3n) is 15.4. The maximum absolute atomic E-state index is 13.6. The van der Waals surface area contributed by atoms with Crippen molar-refractivity contribution in [3.63, 3.8) is 0 Å². The van der Waals surface area contributed by atoms with Gasteiger partial charge in [0.2, 0.25) is 23.5 Å². The number of carbonyl (C=O) groups is 8. The Balaban J connectivity index is 0.000000246. The summed E-state index contributed by atoms with van der Waals surface area (Å²) >= 11 is 1.87. The molecule has 40 heteroatoms. The molecule has 0 spiro atoms. The van der Waals surface area contributed by atoms with Gasteiger partial charge >= 0.3 is 0 Å². The molecule has 0 aliphatic rings. The Bertz CT molecular complexity index is 8660. The summed E-state index contributed by atoms with van der Waals surface area (Å²) in [6.45, 7) is -28.3. The van der Waals surface area contributed by atoms with Crippen LogP contribution in [0.2, 0.25) is 11.3 Å². The lowest BCUT2D eigenvalue weighted by molar-refractivity contribution is 0.100. The van der Waals surface area contributed by atoms with Crippen LogP contribution in [0.5, 0.6) is 0 Å². The lowest BCUT2D eigenvalue weighted by Gasteiger charge is -2.14. The molecule has 0 saturated heterocycles. The van der Waals surface area contributed by atoms with Gasteiger partial charge in [0.25, 0.3) is 63.7 Å². The minimum Gasteiger partial charge on any atom is -0.337 e. The fourth-order valence-electron chi connectivity index (χ4n) is 9.66. The van der Waals surface area contributed by atoms with Crippen LogP contribution in [-0.2, 0) is 40.1 Å². The summed E-state index contributed by atoms with van der Waals surface area (Å²) in [5.41, 5.74) is -15.3. The maximum atomic E-state index is 13.6. The number of thiophene rings is 4. The first-order valence-electron chi connectivity index (χ1n) is 55.8. The Kier molecular flexibility index (Phi) is 14.3. The summed E-state index contributed by atoms with van der Waals surface area (Å²) in [4.78, 5) is 98.8. The third kappa shape index (κ3) is 21.0. The molecule has 8 N–H and O–H groups in total. The highest BCUT2D eigenvalue weighted by Crippen LogP contribution is 2.36. The lowest BCUT2D eigenvalue weighted by atomic mass is 10.0. The molecule has 0 aliphatic heterocycles. The van der Waals surface area contributed by atoms with Crippen molar-refractivity contribution < 1.29 is 156 Å². The van der Waals surface area contributed by atoms with Crippen LogP contribution in [0, 0.1) is 110 Å². The van der Waals surface area contributed by atoms with Crippen LogP contribution in [0.3, 0.4) is 0 Å². The molecule has 120 heavy (non-hydrogen) atoms. The van der Waals surface area contributed by atoms with Crippen molar-refractivity contribution in [3.8, 4) is 0 Å². The van der Waals surface area contributed by atoms with Crippen LogP contribution in [0.15, 0.2) is 132 Å². The predicted molar refractivity (Wildman–Crippen MR) is 460 cm³/mol. The molecule has 0 bridgehead atoms. The summed E-state index contributed by atoms with van der Waals surface area (Å²) in [6, 6.07) is 3.55. The molecular weight excluding hydrogens is 1710 g/mol. The number of amides is 4. The normalized spacial score (nSPS) is 18.5. The van der Waals surface area contributed by atoms with E-state index < -0.39 is 338 Å². The molecule has 4 aromatic carbocycles. The standard InChI is InChI=1S/4C20H21N3O5S2/c4*1-10-8-11(2)17(15(9-10)14(5)24)21-19(25)18-16(6-7-29-18)30(26,27)23-20-12(3)13(4)22-28-20/h4*6-9,23H,1-5H3,(H,21,25)/i1D3,2D3,3D3,5D3,8D;3D3,4D3,5D3,8D;1D3,2D3,5D3,8D;4D3,5D3,8D/hD8. The largest absolute Gasteiger partial charge is 0.337 e. The molecule has 8 aromatic heterocycles. The molecule has 32 nitrogen and oxygen atoms in total. The topological polar surface area (TPSA) is 473 Å². The fourth-order valence-corrected chi connectivity index (χ4v) is 18.6. The van der Waals surface area contributed by atoms with Gasteiger partial charge in [-0.15, -0.1) is 45.3 Å². The number of aromatic nitrogens is 4. The quantitative estimate of drug-likeness (QED) is 0.0260.